The van der Waals surface area contributed by atoms with Crippen LogP contribution in [-0.4, -0.2) is 42.0 Å². The Morgan fingerprint density at radius 1 is 1.00 bits per heavy atom. The molecule has 1 heterocycles. The summed E-state index contributed by atoms with van der Waals surface area (Å²) >= 11 is 0. The van der Waals surface area contributed by atoms with Crippen LogP contribution in [0.15, 0.2) is 45.6 Å². The first-order valence-corrected chi connectivity index (χ1v) is 8.74. The van der Waals surface area contributed by atoms with Crippen LogP contribution in [0.5, 0.6) is 11.5 Å². The Morgan fingerprint density at radius 2 is 1.59 bits per heavy atom. The number of nitro groups is 1. The van der Waals surface area contributed by atoms with E-state index in [2.05, 4.69) is 0 Å². The monoisotopic (exact) mass is 442 g/mol. The molecule has 2 N–H and O–H groups in total. The average Bonchev–Trinajstić information content (AvgIpc) is 2.77. The van der Waals surface area contributed by atoms with Gasteiger partial charge >= 0.3 is 17.3 Å². The average molecular weight is 442 g/mol. The van der Waals surface area contributed by atoms with Crippen LogP contribution in [0.1, 0.15) is 31.1 Å². The number of benzene rings is 2. The number of carboxylic acid groups (broad SMARTS) is 1. The maximum absolute atomic E-state index is 12.5. The van der Waals surface area contributed by atoms with Crippen molar-refractivity contribution in [2.75, 3.05) is 14.2 Å². The van der Waals surface area contributed by atoms with Gasteiger partial charge in [0, 0.05) is 17.0 Å². The number of nitrogens with zero attached hydrogens (tertiary/aromatic N) is 1. The number of fused-ring (bicyclic) bond motifs is 1. The molecule has 2 amide bonds. The topological polar surface area (TPSA) is 175 Å². The van der Waals surface area contributed by atoms with Crippen LogP contribution >= 0.6 is 0 Å². The summed E-state index contributed by atoms with van der Waals surface area (Å²) in [6, 6.07) is 6.77. The summed E-state index contributed by atoms with van der Waals surface area (Å²) in [5.41, 5.74) is -2.49. The van der Waals surface area contributed by atoms with Gasteiger partial charge in [-0.25, -0.2) is 9.59 Å². The summed E-state index contributed by atoms with van der Waals surface area (Å²) in [5, 5.41) is 22.2. The van der Waals surface area contributed by atoms with Gasteiger partial charge in [0.05, 0.1) is 24.7 Å². The number of aromatic carboxylic acids is 1. The zero-order valence-electron chi connectivity index (χ0n) is 16.5. The molecular weight excluding hydrogens is 428 g/mol. The molecule has 164 valence electrons. The van der Waals surface area contributed by atoms with Crippen molar-refractivity contribution < 1.29 is 38.3 Å². The van der Waals surface area contributed by atoms with E-state index in [4.69, 9.17) is 19.0 Å². The molecular formula is C20H14N2O10. The molecule has 0 aliphatic carbocycles. The van der Waals surface area contributed by atoms with Gasteiger partial charge in [0.1, 0.15) is 5.56 Å². The molecule has 0 unspecified atom stereocenters. The fraction of sp³-hybridized carbons (Fsp3) is 0.100. The number of carboxylic acids is 1. The van der Waals surface area contributed by atoms with E-state index < -0.39 is 39.6 Å². The maximum atomic E-state index is 12.5. The standard InChI is InChI=1S/C20H14N2O10/c1-30-15-13(22(28)29)8-11-7-12(20(27)32-14(11)16(15)31-2)18(24)21-17(23)9-3-5-10(6-4-9)19(25)26/h3-8H,1-2H3,(H,25,26)(H,21,23,24). The third-order valence-electron chi connectivity index (χ3n) is 4.38. The highest BCUT2D eigenvalue weighted by molar-refractivity contribution is 6.11. The van der Waals surface area contributed by atoms with E-state index >= 15 is 0 Å². The van der Waals surface area contributed by atoms with Crippen LogP contribution in [0.25, 0.3) is 11.0 Å². The molecule has 3 rings (SSSR count). The van der Waals surface area contributed by atoms with Gasteiger partial charge in [-0.2, -0.15) is 0 Å². The zero-order valence-corrected chi connectivity index (χ0v) is 16.5. The zero-order chi connectivity index (χ0) is 23.6. The quantitative estimate of drug-likeness (QED) is 0.248. The Labute approximate surface area is 178 Å². The van der Waals surface area contributed by atoms with Gasteiger partial charge in [0.25, 0.3) is 11.8 Å². The van der Waals surface area contributed by atoms with E-state index in [1.807, 2.05) is 5.32 Å². The summed E-state index contributed by atoms with van der Waals surface area (Å²) in [5.74, 6) is -3.70. The Balaban J connectivity index is 2.01. The van der Waals surface area contributed by atoms with Crippen LogP contribution in [-0.2, 0) is 0 Å². The molecule has 3 aromatic rings. The Kier molecular flexibility index (Phi) is 5.87. The van der Waals surface area contributed by atoms with Crippen LogP contribution < -0.4 is 20.4 Å². The number of amides is 2. The SMILES string of the molecule is COc1c([N+](=O)[O-])cc2cc(C(=O)NC(=O)c3ccc(C(=O)O)cc3)c(=O)oc2c1OC. The molecule has 12 heteroatoms. The maximum Gasteiger partial charge on any atom is 0.349 e. The number of imide groups is 1. The number of nitrogens with one attached hydrogen (secondary N) is 1. The molecule has 0 fully saturated rings. The molecule has 0 spiro atoms. The molecule has 1 aromatic heterocycles. The van der Waals surface area contributed by atoms with Gasteiger partial charge in [-0.05, 0) is 30.3 Å². The van der Waals surface area contributed by atoms with Crippen LogP contribution in [0, 0.1) is 10.1 Å². The van der Waals surface area contributed by atoms with Crippen molar-refractivity contribution in [3.05, 3.63) is 73.6 Å². The first-order chi connectivity index (χ1) is 15.2. The smallest absolute Gasteiger partial charge is 0.349 e. The molecule has 0 saturated carbocycles. The lowest BCUT2D eigenvalue weighted by atomic mass is 10.1. The third kappa shape index (κ3) is 3.96. The van der Waals surface area contributed by atoms with Gasteiger partial charge in [-0.3, -0.25) is 25.0 Å². The van der Waals surface area contributed by atoms with E-state index in [1.54, 1.807) is 0 Å². The summed E-state index contributed by atoms with van der Waals surface area (Å²) in [7, 11) is 2.36. The largest absolute Gasteiger partial charge is 0.490 e. The second-order valence-electron chi connectivity index (χ2n) is 6.25. The number of rotatable bonds is 6. The van der Waals surface area contributed by atoms with Crippen molar-refractivity contribution in [1.29, 1.82) is 0 Å². The van der Waals surface area contributed by atoms with Gasteiger partial charge < -0.3 is 19.0 Å². The summed E-state index contributed by atoms with van der Waals surface area (Å²) < 4.78 is 15.2. The highest BCUT2D eigenvalue weighted by Gasteiger charge is 2.27. The fourth-order valence-electron chi connectivity index (χ4n) is 2.89. The normalized spacial score (nSPS) is 10.4. The van der Waals surface area contributed by atoms with Gasteiger partial charge in [0.2, 0.25) is 11.5 Å². The molecule has 0 radical (unpaired) electrons. The van der Waals surface area contributed by atoms with Crippen molar-refractivity contribution in [3.8, 4) is 11.5 Å². The molecule has 0 atom stereocenters. The lowest BCUT2D eigenvalue weighted by molar-refractivity contribution is -0.385. The number of methoxy groups -OCH3 is 2. The Bertz CT molecular complexity index is 1320. The molecule has 32 heavy (non-hydrogen) atoms. The molecule has 2 aromatic carbocycles. The second kappa shape index (κ2) is 8.55. The van der Waals surface area contributed by atoms with Crippen molar-refractivity contribution in [2.45, 2.75) is 0 Å². The lowest BCUT2D eigenvalue weighted by Gasteiger charge is -2.11. The third-order valence-corrected chi connectivity index (χ3v) is 4.38. The van der Waals surface area contributed by atoms with Gasteiger partial charge in [0.15, 0.2) is 5.58 Å². The Hall–Kier alpha value is -4.74. The summed E-state index contributed by atoms with van der Waals surface area (Å²) in [6.45, 7) is 0. The molecule has 0 saturated heterocycles. The van der Waals surface area contributed by atoms with E-state index in [9.17, 15) is 29.3 Å². The lowest BCUT2D eigenvalue weighted by Crippen LogP contribution is -2.33. The predicted molar refractivity (Wildman–Crippen MR) is 107 cm³/mol. The fourth-order valence-corrected chi connectivity index (χ4v) is 2.89. The van der Waals surface area contributed by atoms with Crippen LogP contribution in [0.4, 0.5) is 5.69 Å². The first-order valence-electron chi connectivity index (χ1n) is 8.74. The Morgan fingerprint density at radius 3 is 2.12 bits per heavy atom. The van der Waals surface area contributed by atoms with Crippen molar-refractivity contribution in [3.63, 3.8) is 0 Å². The minimum atomic E-state index is -1.19. The highest BCUT2D eigenvalue weighted by atomic mass is 16.6. The van der Waals surface area contributed by atoms with Crippen LogP contribution in [0.3, 0.4) is 0 Å². The molecule has 12 nitrogen and oxygen atoms in total. The van der Waals surface area contributed by atoms with Crippen molar-refractivity contribution in [1.82, 2.24) is 5.32 Å². The van der Waals surface area contributed by atoms with E-state index in [1.165, 1.54) is 38.5 Å². The number of nitro benzene ring substituents is 1. The molecule has 0 aliphatic heterocycles. The molecule has 0 aliphatic rings. The van der Waals surface area contributed by atoms with E-state index in [0.29, 0.717) is 0 Å². The number of hydrogen-bond donors (Lipinski definition) is 2. The minimum Gasteiger partial charge on any atom is -0.490 e. The highest BCUT2D eigenvalue weighted by Crippen LogP contribution is 2.42. The van der Waals surface area contributed by atoms with Crippen molar-refractivity contribution in [2.24, 2.45) is 0 Å². The van der Waals surface area contributed by atoms with Crippen LogP contribution in [0.2, 0.25) is 0 Å². The first kappa shape index (κ1) is 22.0. The van der Waals surface area contributed by atoms with Gasteiger partial charge in [-0.15, -0.1) is 0 Å². The summed E-state index contributed by atoms with van der Waals surface area (Å²) in [6.07, 6.45) is 0. The number of hydrogen-bond acceptors (Lipinski definition) is 9. The second-order valence-corrected chi connectivity index (χ2v) is 6.25. The molecule has 0 bridgehead atoms. The number of carbonyl (C=O) groups excluding carboxylic acids is 2. The number of ether oxygens (including phenoxy) is 2. The predicted octanol–water partition coefficient (Wildman–Crippen LogP) is 1.99. The number of carbonyl (C=O) groups is 3. The van der Waals surface area contributed by atoms with E-state index in [-0.39, 0.29) is 33.6 Å². The minimum absolute atomic E-state index is 0.0163. The van der Waals surface area contributed by atoms with Crippen molar-refractivity contribution >= 4 is 34.4 Å². The summed E-state index contributed by atoms with van der Waals surface area (Å²) in [4.78, 5) is 58.6. The van der Waals surface area contributed by atoms with E-state index in [0.717, 1.165) is 12.1 Å². The van der Waals surface area contributed by atoms with Gasteiger partial charge in [-0.1, -0.05) is 0 Å².